The minimum absolute atomic E-state index is 0.411. The lowest BCUT2D eigenvalue weighted by molar-refractivity contribution is -0.118. The fourth-order valence-corrected chi connectivity index (χ4v) is 2.52. The lowest BCUT2D eigenvalue weighted by Crippen LogP contribution is -2.15. The van der Waals surface area contributed by atoms with Gasteiger partial charge < -0.3 is 15.7 Å². The number of benzene rings is 1. The zero-order valence-electron chi connectivity index (χ0n) is 10.6. The first-order valence-corrected chi connectivity index (χ1v) is 6.84. The smallest absolute Gasteiger partial charge is 0.250 e. The third-order valence-corrected chi connectivity index (χ3v) is 3.73. The summed E-state index contributed by atoms with van der Waals surface area (Å²) in [4.78, 5) is 12.4. The van der Waals surface area contributed by atoms with Crippen molar-refractivity contribution in [2.75, 3.05) is 17.2 Å². The summed E-state index contributed by atoms with van der Waals surface area (Å²) in [6.45, 7) is 2.35. The van der Waals surface area contributed by atoms with Crippen LogP contribution in [0.1, 0.15) is 10.4 Å². The Morgan fingerprint density at radius 2 is 2.11 bits per heavy atom. The molecule has 0 aliphatic carbocycles. The molecular weight excluding hydrogens is 260 g/mol. The first-order valence-electron chi connectivity index (χ1n) is 5.96. The van der Waals surface area contributed by atoms with Crippen molar-refractivity contribution in [3.63, 3.8) is 0 Å². The van der Waals surface area contributed by atoms with E-state index in [9.17, 15) is 4.79 Å². The van der Waals surface area contributed by atoms with Crippen LogP contribution in [-0.4, -0.2) is 17.6 Å². The predicted octanol–water partition coefficient (Wildman–Crippen LogP) is 2.60. The second-order valence-electron chi connectivity index (χ2n) is 4.17. The van der Waals surface area contributed by atoms with Crippen LogP contribution in [0.5, 0.6) is 0 Å². The maximum absolute atomic E-state index is 11.1. The number of thiophene rings is 1. The number of carbonyl (C=O) groups excluding carboxylic acids is 1. The number of aliphatic hydroxyl groups is 1. The van der Waals surface area contributed by atoms with E-state index in [1.54, 1.807) is 17.4 Å². The zero-order chi connectivity index (χ0) is 13.7. The molecule has 0 fully saturated rings. The van der Waals surface area contributed by atoms with Crippen molar-refractivity contribution in [3.8, 4) is 0 Å². The van der Waals surface area contributed by atoms with E-state index < -0.39 is 12.5 Å². The fourth-order valence-electron chi connectivity index (χ4n) is 1.67. The molecule has 0 atom stereocenters. The van der Waals surface area contributed by atoms with Crippen molar-refractivity contribution >= 4 is 28.6 Å². The molecule has 5 heteroatoms. The molecule has 2 aromatic rings. The van der Waals surface area contributed by atoms with Crippen LogP contribution in [0.25, 0.3) is 0 Å². The van der Waals surface area contributed by atoms with Crippen molar-refractivity contribution in [2.24, 2.45) is 0 Å². The summed E-state index contributed by atoms with van der Waals surface area (Å²) in [6, 6.07) is 9.53. The van der Waals surface area contributed by atoms with Gasteiger partial charge in [0.15, 0.2) is 0 Å². The van der Waals surface area contributed by atoms with Crippen LogP contribution in [0, 0.1) is 6.92 Å². The Balaban J connectivity index is 1.99. The number of hydrogen-bond acceptors (Lipinski definition) is 4. The van der Waals surface area contributed by atoms with Gasteiger partial charge in [0.25, 0.3) is 0 Å². The van der Waals surface area contributed by atoms with Gasteiger partial charge in [0.1, 0.15) is 6.61 Å². The fraction of sp³-hybridized carbons (Fsp3) is 0.214. The molecule has 0 aliphatic rings. The third kappa shape index (κ3) is 3.81. The van der Waals surface area contributed by atoms with E-state index in [-0.39, 0.29) is 0 Å². The van der Waals surface area contributed by atoms with E-state index in [1.165, 1.54) is 10.4 Å². The predicted molar refractivity (Wildman–Crippen MR) is 78.5 cm³/mol. The molecule has 2 rings (SSSR count). The standard InChI is InChI=1S/C14H16N2O2S/c1-10-5-6-19-13(10)8-15-11-3-2-4-12(7-11)16-14(18)9-17/h2-7,15,17H,8-9H2,1H3,(H,16,18). The second kappa shape index (κ2) is 6.36. The average molecular weight is 276 g/mol. The molecule has 100 valence electrons. The van der Waals surface area contributed by atoms with Crippen molar-refractivity contribution in [1.82, 2.24) is 0 Å². The summed E-state index contributed by atoms with van der Waals surface area (Å²) in [5.41, 5.74) is 2.89. The number of anilines is 2. The average Bonchev–Trinajstić information content (AvgIpc) is 2.82. The molecule has 3 N–H and O–H groups in total. The van der Waals surface area contributed by atoms with Crippen LogP contribution < -0.4 is 10.6 Å². The van der Waals surface area contributed by atoms with Crippen LogP contribution in [0.3, 0.4) is 0 Å². The summed E-state index contributed by atoms with van der Waals surface area (Å²) >= 11 is 1.72. The van der Waals surface area contributed by atoms with E-state index in [0.717, 1.165) is 12.2 Å². The molecule has 0 radical (unpaired) electrons. The molecule has 0 unspecified atom stereocenters. The zero-order valence-corrected chi connectivity index (χ0v) is 11.5. The Morgan fingerprint density at radius 1 is 1.32 bits per heavy atom. The molecule has 1 heterocycles. The quantitative estimate of drug-likeness (QED) is 0.786. The number of hydrogen-bond donors (Lipinski definition) is 3. The lowest BCUT2D eigenvalue weighted by Gasteiger charge is -2.08. The first-order chi connectivity index (χ1) is 9.19. The van der Waals surface area contributed by atoms with Crippen LogP contribution in [-0.2, 0) is 11.3 Å². The number of carbonyl (C=O) groups is 1. The number of rotatable bonds is 5. The van der Waals surface area contributed by atoms with Gasteiger partial charge in [-0.25, -0.2) is 0 Å². The minimum atomic E-state index is -0.508. The Hall–Kier alpha value is -1.85. The van der Waals surface area contributed by atoms with Crippen molar-refractivity contribution < 1.29 is 9.90 Å². The maximum atomic E-state index is 11.1. The molecular formula is C14H16N2O2S. The van der Waals surface area contributed by atoms with Crippen molar-refractivity contribution in [2.45, 2.75) is 13.5 Å². The molecule has 0 saturated heterocycles. The van der Waals surface area contributed by atoms with Gasteiger partial charge in [0, 0.05) is 22.8 Å². The van der Waals surface area contributed by atoms with E-state index >= 15 is 0 Å². The highest BCUT2D eigenvalue weighted by Crippen LogP contribution is 2.19. The molecule has 1 amide bonds. The molecule has 0 spiro atoms. The Labute approximate surface area is 116 Å². The van der Waals surface area contributed by atoms with E-state index in [1.807, 2.05) is 18.2 Å². The summed E-state index contributed by atoms with van der Waals surface area (Å²) in [7, 11) is 0. The van der Waals surface area contributed by atoms with Crippen LogP contribution in [0.15, 0.2) is 35.7 Å². The van der Waals surface area contributed by atoms with Crippen LogP contribution in [0.2, 0.25) is 0 Å². The minimum Gasteiger partial charge on any atom is -0.387 e. The first kappa shape index (κ1) is 13.6. The molecule has 19 heavy (non-hydrogen) atoms. The number of aryl methyl sites for hydroxylation is 1. The van der Waals surface area contributed by atoms with E-state index in [2.05, 4.69) is 29.0 Å². The van der Waals surface area contributed by atoms with Gasteiger partial charge in [-0.2, -0.15) is 0 Å². The summed E-state index contributed by atoms with van der Waals surface area (Å²) < 4.78 is 0. The topological polar surface area (TPSA) is 61.4 Å². The largest absolute Gasteiger partial charge is 0.387 e. The number of amides is 1. The summed E-state index contributed by atoms with van der Waals surface area (Å²) in [5, 5.41) is 16.7. The molecule has 1 aromatic heterocycles. The normalized spacial score (nSPS) is 10.2. The van der Waals surface area contributed by atoms with E-state index in [0.29, 0.717) is 5.69 Å². The highest BCUT2D eigenvalue weighted by atomic mass is 32.1. The molecule has 4 nitrogen and oxygen atoms in total. The number of aliphatic hydroxyl groups excluding tert-OH is 1. The highest BCUT2D eigenvalue weighted by molar-refractivity contribution is 7.10. The molecule has 1 aromatic carbocycles. The van der Waals surface area contributed by atoms with Gasteiger partial charge in [0.05, 0.1) is 0 Å². The van der Waals surface area contributed by atoms with Crippen LogP contribution >= 0.6 is 11.3 Å². The SMILES string of the molecule is Cc1ccsc1CNc1cccc(NC(=O)CO)c1. The van der Waals surface area contributed by atoms with Gasteiger partial charge in [0.2, 0.25) is 5.91 Å². The number of nitrogens with one attached hydrogen (secondary N) is 2. The summed E-state index contributed by atoms with van der Waals surface area (Å²) in [6.07, 6.45) is 0. The summed E-state index contributed by atoms with van der Waals surface area (Å²) in [5.74, 6) is -0.411. The monoisotopic (exact) mass is 276 g/mol. The van der Waals surface area contributed by atoms with Crippen LogP contribution in [0.4, 0.5) is 11.4 Å². The van der Waals surface area contributed by atoms with Gasteiger partial charge in [-0.1, -0.05) is 6.07 Å². The van der Waals surface area contributed by atoms with Crippen molar-refractivity contribution in [3.05, 3.63) is 46.2 Å². The van der Waals surface area contributed by atoms with Gasteiger partial charge >= 0.3 is 0 Å². The van der Waals surface area contributed by atoms with E-state index in [4.69, 9.17) is 5.11 Å². The Morgan fingerprint density at radius 3 is 2.79 bits per heavy atom. The molecule has 0 saturated carbocycles. The van der Waals surface area contributed by atoms with Gasteiger partial charge in [-0.15, -0.1) is 11.3 Å². The molecule has 0 bridgehead atoms. The third-order valence-electron chi connectivity index (χ3n) is 2.71. The van der Waals surface area contributed by atoms with Gasteiger partial charge in [-0.3, -0.25) is 4.79 Å². The maximum Gasteiger partial charge on any atom is 0.250 e. The second-order valence-corrected chi connectivity index (χ2v) is 5.17. The Kier molecular flexibility index (Phi) is 4.54. The van der Waals surface area contributed by atoms with Gasteiger partial charge in [-0.05, 0) is 42.1 Å². The Bertz CT molecular complexity index is 566. The highest BCUT2D eigenvalue weighted by Gasteiger charge is 2.02. The lowest BCUT2D eigenvalue weighted by atomic mass is 10.2. The molecule has 0 aliphatic heterocycles. The van der Waals surface area contributed by atoms with Crippen molar-refractivity contribution in [1.29, 1.82) is 0 Å².